The molecule has 0 aliphatic heterocycles. The number of halogens is 3. The van der Waals surface area contributed by atoms with E-state index >= 15 is 0 Å². The van der Waals surface area contributed by atoms with Crippen LogP contribution in [0.5, 0.6) is 0 Å². The first-order chi connectivity index (χ1) is 12.9. The van der Waals surface area contributed by atoms with Crippen molar-refractivity contribution in [2.75, 3.05) is 0 Å². The van der Waals surface area contributed by atoms with Crippen LogP contribution in [-0.2, 0) is 9.59 Å². The summed E-state index contributed by atoms with van der Waals surface area (Å²) in [5.74, 6) is 0.765. The number of Topliss-reactive ketones (excluding diaryl/α,β-unsaturated/α-hetero) is 1. The summed E-state index contributed by atoms with van der Waals surface area (Å²) in [5.41, 5.74) is 0.598. The van der Waals surface area contributed by atoms with Crippen molar-refractivity contribution in [3.05, 3.63) is 0 Å². The zero-order valence-electron chi connectivity index (χ0n) is 16.6. The molecule has 0 saturated heterocycles. The van der Waals surface area contributed by atoms with E-state index < -0.39 is 12.1 Å². The summed E-state index contributed by atoms with van der Waals surface area (Å²) in [7, 11) is 0. The monoisotopic (exact) mass is 404 g/mol. The Kier molecular flexibility index (Phi) is 5.63. The molecule has 4 aliphatic rings. The fourth-order valence-electron chi connectivity index (χ4n) is 7.02. The molecule has 0 unspecified atom stereocenters. The molecule has 7 atom stereocenters. The molecule has 7 heteroatoms. The molecule has 4 fully saturated rings. The highest BCUT2D eigenvalue weighted by molar-refractivity contribution is 5.79. The van der Waals surface area contributed by atoms with Crippen LogP contribution in [0.3, 0.4) is 0 Å². The lowest BCUT2D eigenvalue weighted by molar-refractivity contribution is -0.192. The van der Waals surface area contributed by atoms with Gasteiger partial charge < -0.3 is 10.2 Å². The number of carbonyl (C=O) groups is 2. The quantitative estimate of drug-likeness (QED) is 0.619. The smallest absolute Gasteiger partial charge is 0.475 e. The van der Waals surface area contributed by atoms with Crippen LogP contribution in [0.15, 0.2) is 0 Å². The van der Waals surface area contributed by atoms with Gasteiger partial charge in [0.15, 0.2) is 0 Å². The summed E-state index contributed by atoms with van der Waals surface area (Å²) in [5, 5.41) is 17.6. The van der Waals surface area contributed by atoms with E-state index in [0.717, 1.165) is 43.4 Å². The molecule has 4 saturated carbocycles. The minimum Gasteiger partial charge on any atom is -0.475 e. The Morgan fingerprint density at radius 3 is 2.21 bits per heavy atom. The molecule has 4 rings (SSSR count). The average Bonchev–Trinajstić information content (AvgIpc) is 2.90. The molecule has 160 valence electrons. The van der Waals surface area contributed by atoms with E-state index in [2.05, 4.69) is 13.8 Å². The molecule has 0 radical (unpaired) electrons. The van der Waals surface area contributed by atoms with Crippen molar-refractivity contribution in [2.45, 2.75) is 83.9 Å². The number of hydrogen-bond acceptors (Lipinski definition) is 3. The van der Waals surface area contributed by atoms with Gasteiger partial charge in [0.1, 0.15) is 5.78 Å². The molecule has 0 aromatic rings. The number of aliphatic carboxylic acids is 1. The first kappa shape index (κ1) is 21.6. The van der Waals surface area contributed by atoms with Crippen molar-refractivity contribution < 1.29 is 33.0 Å². The molecule has 0 heterocycles. The largest absolute Gasteiger partial charge is 0.490 e. The number of carbonyl (C=O) groups excluding carboxylic acids is 1. The Balaban J connectivity index is 0.000000279. The van der Waals surface area contributed by atoms with Gasteiger partial charge in [0, 0.05) is 12.8 Å². The first-order valence-corrected chi connectivity index (χ1v) is 10.4. The zero-order chi connectivity index (χ0) is 20.9. The van der Waals surface area contributed by atoms with E-state index in [0.29, 0.717) is 17.1 Å². The number of aliphatic hydroxyl groups excluding tert-OH is 1. The standard InChI is InChI=1S/C19H30O2.C2HF3O2/c1-18-9-7-13(20)11-12(18)3-4-14-15-5-6-17(21)19(15,2)10-8-16(14)18;3-2(4,5)1(6)7/h12,14-17,21H,3-11H2,1-2H3;(H,6,7)/t12-,14-,15-,16-,17-,18-,19-;/m0./s1. The molecule has 2 N–H and O–H groups in total. The highest BCUT2D eigenvalue weighted by Gasteiger charge is 2.59. The molecule has 0 amide bonds. The van der Waals surface area contributed by atoms with Crippen LogP contribution in [0, 0.1) is 34.5 Å². The number of alkyl halides is 3. The number of ketones is 1. The number of hydrogen-bond donors (Lipinski definition) is 2. The predicted molar refractivity (Wildman–Crippen MR) is 96.4 cm³/mol. The fraction of sp³-hybridized carbons (Fsp3) is 0.905. The molecule has 28 heavy (non-hydrogen) atoms. The molecule has 0 spiro atoms. The molecule has 4 aliphatic carbocycles. The Hall–Kier alpha value is -1.11. The lowest BCUT2D eigenvalue weighted by Gasteiger charge is -2.60. The van der Waals surface area contributed by atoms with E-state index in [-0.39, 0.29) is 11.5 Å². The highest BCUT2D eigenvalue weighted by Crippen LogP contribution is 2.65. The summed E-state index contributed by atoms with van der Waals surface area (Å²) < 4.78 is 31.7. The van der Waals surface area contributed by atoms with Crippen LogP contribution in [0.2, 0.25) is 0 Å². The SMILES string of the molecule is C[C@]12CCC(=O)C[C@@H]1CC[C@@H]1[C@@H]2CC[C@]2(C)[C@@H](O)CC[C@@H]12.O=C(O)C(F)(F)F. The van der Waals surface area contributed by atoms with Crippen molar-refractivity contribution in [3.8, 4) is 0 Å². The number of carboxylic acids is 1. The van der Waals surface area contributed by atoms with E-state index in [1.165, 1.54) is 32.1 Å². The fourth-order valence-corrected chi connectivity index (χ4v) is 7.02. The Morgan fingerprint density at radius 1 is 1.00 bits per heavy atom. The first-order valence-electron chi connectivity index (χ1n) is 10.4. The molecular formula is C21H31F3O4. The third kappa shape index (κ3) is 3.59. The maximum absolute atomic E-state index is 11.9. The molecular weight excluding hydrogens is 373 g/mol. The number of carboxylic acid groups (broad SMARTS) is 1. The van der Waals surface area contributed by atoms with Crippen LogP contribution >= 0.6 is 0 Å². The second kappa shape index (κ2) is 7.29. The minimum absolute atomic E-state index is 0.0677. The Morgan fingerprint density at radius 2 is 1.61 bits per heavy atom. The van der Waals surface area contributed by atoms with Crippen LogP contribution in [0.4, 0.5) is 13.2 Å². The van der Waals surface area contributed by atoms with Gasteiger partial charge in [-0.25, -0.2) is 4.79 Å². The third-order valence-electron chi connectivity index (χ3n) is 8.67. The van der Waals surface area contributed by atoms with Gasteiger partial charge in [-0.2, -0.15) is 13.2 Å². The highest BCUT2D eigenvalue weighted by atomic mass is 19.4. The zero-order valence-corrected chi connectivity index (χ0v) is 16.6. The van der Waals surface area contributed by atoms with Gasteiger partial charge in [-0.05, 0) is 79.4 Å². The predicted octanol–water partition coefficient (Wildman–Crippen LogP) is 4.59. The van der Waals surface area contributed by atoms with E-state index in [1.54, 1.807) is 0 Å². The van der Waals surface area contributed by atoms with Crippen LogP contribution in [-0.4, -0.2) is 34.2 Å². The third-order valence-corrected chi connectivity index (χ3v) is 8.67. The summed E-state index contributed by atoms with van der Waals surface area (Å²) >= 11 is 0. The van der Waals surface area contributed by atoms with Gasteiger partial charge in [0.05, 0.1) is 6.10 Å². The lowest BCUT2D eigenvalue weighted by atomic mass is 9.45. The summed E-state index contributed by atoms with van der Waals surface area (Å²) in [6.07, 6.45) is 4.96. The molecule has 0 aromatic heterocycles. The number of fused-ring (bicyclic) bond motifs is 5. The van der Waals surface area contributed by atoms with Crippen molar-refractivity contribution in [1.82, 2.24) is 0 Å². The Labute approximate surface area is 163 Å². The van der Waals surface area contributed by atoms with E-state index in [9.17, 15) is 23.1 Å². The molecule has 0 bridgehead atoms. The van der Waals surface area contributed by atoms with Gasteiger partial charge in [-0.1, -0.05) is 13.8 Å². The van der Waals surface area contributed by atoms with Crippen LogP contribution < -0.4 is 0 Å². The number of aliphatic hydroxyl groups is 1. The van der Waals surface area contributed by atoms with E-state index in [1.807, 2.05) is 0 Å². The second-order valence-electron chi connectivity index (χ2n) is 9.84. The van der Waals surface area contributed by atoms with Gasteiger partial charge in [-0.3, -0.25) is 4.79 Å². The van der Waals surface area contributed by atoms with Gasteiger partial charge in [0.2, 0.25) is 0 Å². The van der Waals surface area contributed by atoms with Crippen molar-refractivity contribution in [1.29, 1.82) is 0 Å². The van der Waals surface area contributed by atoms with Crippen molar-refractivity contribution >= 4 is 11.8 Å². The van der Waals surface area contributed by atoms with Gasteiger partial charge >= 0.3 is 12.1 Å². The summed E-state index contributed by atoms with van der Waals surface area (Å²) in [4.78, 5) is 20.8. The van der Waals surface area contributed by atoms with E-state index in [4.69, 9.17) is 9.90 Å². The summed E-state index contributed by atoms with van der Waals surface area (Å²) in [6.45, 7) is 4.85. The van der Waals surface area contributed by atoms with Crippen LogP contribution in [0.1, 0.15) is 71.6 Å². The maximum Gasteiger partial charge on any atom is 0.490 e. The maximum atomic E-state index is 11.9. The second-order valence-corrected chi connectivity index (χ2v) is 9.84. The molecule has 0 aromatic carbocycles. The van der Waals surface area contributed by atoms with Crippen molar-refractivity contribution in [3.63, 3.8) is 0 Å². The van der Waals surface area contributed by atoms with Crippen LogP contribution in [0.25, 0.3) is 0 Å². The minimum atomic E-state index is -5.08. The lowest BCUT2D eigenvalue weighted by Crippen LogP contribution is -2.54. The number of rotatable bonds is 0. The van der Waals surface area contributed by atoms with Gasteiger partial charge in [0.25, 0.3) is 0 Å². The molecule has 4 nitrogen and oxygen atoms in total. The average molecular weight is 404 g/mol. The topological polar surface area (TPSA) is 74.6 Å². The van der Waals surface area contributed by atoms with Crippen molar-refractivity contribution in [2.24, 2.45) is 34.5 Å². The van der Waals surface area contributed by atoms with Gasteiger partial charge in [-0.15, -0.1) is 0 Å². The summed E-state index contributed by atoms with van der Waals surface area (Å²) in [6, 6.07) is 0. The normalized spacial score (nSPS) is 45.2. The Bertz CT molecular complexity index is 634.